The highest BCUT2D eigenvalue weighted by atomic mass is 16.5. The Hall–Kier alpha value is -12.4. The van der Waals surface area contributed by atoms with Crippen molar-refractivity contribution in [3.05, 3.63) is 239 Å². The number of esters is 2. The molecule has 0 fully saturated rings. The second-order valence-electron chi connectivity index (χ2n) is 34.8. The average molecular weight is 1530 g/mol. The molecule has 584 valence electrons. The summed E-state index contributed by atoms with van der Waals surface area (Å²) in [6.07, 6.45) is -0.115. The summed E-state index contributed by atoms with van der Waals surface area (Å²) in [5.41, 5.74) is 3.61. The molecule has 2 N–H and O–H groups in total. The van der Waals surface area contributed by atoms with Gasteiger partial charge in [0.2, 0.25) is 0 Å². The minimum atomic E-state index is -1.56. The zero-order valence-electron chi connectivity index (χ0n) is 67.9. The highest BCUT2D eigenvalue weighted by Gasteiger charge is 2.48. The molecule has 18 nitrogen and oxygen atoms in total. The summed E-state index contributed by atoms with van der Waals surface area (Å²) in [4.78, 5) is 125. The predicted octanol–water partition coefficient (Wildman–Crippen LogP) is 22.4. The first kappa shape index (κ1) is 79.6. The van der Waals surface area contributed by atoms with Crippen LogP contribution in [0.1, 0.15) is 201 Å². The molecule has 11 aromatic carbocycles. The zero-order chi connectivity index (χ0) is 82.3. The van der Waals surface area contributed by atoms with E-state index in [4.69, 9.17) is 28.4 Å². The van der Waals surface area contributed by atoms with Gasteiger partial charge in [0.15, 0.2) is 0 Å². The Balaban J connectivity index is 1.16. The molecule has 18 heteroatoms. The Labute approximate surface area is 664 Å². The van der Waals surface area contributed by atoms with Crippen molar-refractivity contribution in [3.8, 4) is 57.5 Å². The van der Waals surface area contributed by atoms with Gasteiger partial charge in [-0.3, -0.25) is 38.6 Å². The van der Waals surface area contributed by atoms with E-state index in [1.165, 1.54) is 24.3 Å². The van der Waals surface area contributed by atoms with Crippen molar-refractivity contribution in [1.29, 1.82) is 0 Å². The molecule has 0 radical (unpaired) electrons. The van der Waals surface area contributed by atoms with Gasteiger partial charge in [-0.1, -0.05) is 185 Å². The van der Waals surface area contributed by atoms with Crippen LogP contribution in [-0.4, -0.2) is 69.3 Å². The molecule has 11 aromatic rings. The standard InChI is InChI=1S/C96H96N4O14/c1-51(2)43-71(91(107)113-65-25-21-23-59(45-65)97-85(101)53(5)6)99-87(103)67-47-73(109-61-35-27-55(28-36-61)93(9,10)11)79-81-75(111-63-39-31-57(32-40-63)95(15,16)17)49-69-78-70(90(106)100(89(69)105)72(44-52(3)4)92(108)114-66-26-22-24-60(46-66)98-86(102)54(7)8)50-76(112-64-41-33-58(34-42-64)96(18,19)20)82(84(78)81)80-74(48-68(88(99)104)77(67)83(79)80)110-62-37-29-56(30-38-62)94(12,13)14/h21-42,45-52,71-72H,5,7,43-44H2,1-4,6,8-20H3,(H,97,101)(H,98,102). The summed E-state index contributed by atoms with van der Waals surface area (Å²) < 4.78 is 41.8. The normalized spacial score (nSPS) is 13.8. The molecule has 0 saturated carbocycles. The molecular weight excluding hydrogens is 1430 g/mol. The van der Waals surface area contributed by atoms with Gasteiger partial charge >= 0.3 is 11.9 Å². The summed E-state index contributed by atoms with van der Waals surface area (Å²) in [7, 11) is 0. The number of carbonyl (C=O) groups is 8. The molecule has 0 aliphatic carbocycles. The number of rotatable bonds is 22. The van der Waals surface area contributed by atoms with Gasteiger partial charge in [-0.2, -0.15) is 0 Å². The molecule has 6 amide bonds. The van der Waals surface area contributed by atoms with Crippen molar-refractivity contribution in [3.63, 3.8) is 0 Å². The number of fused-ring (bicyclic) bond motifs is 2. The fourth-order valence-electron chi connectivity index (χ4n) is 14.7. The topological polar surface area (TPSA) is 222 Å². The largest absolute Gasteiger partial charge is 0.457 e. The van der Waals surface area contributed by atoms with Gasteiger partial charge in [0.1, 0.15) is 69.6 Å². The lowest BCUT2D eigenvalue weighted by Gasteiger charge is -2.36. The van der Waals surface area contributed by atoms with Crippen molar-refractivity contribution >= 4 is 102 Å². The summed E-state index contributed by atoms with van der Waals surface area (Å²) in [5, 5.41) is 7.22. The fraction of sp³-hybridized carbons (Fsp3) is 0.292. The van der Waals surface area contributed by atoms with Crippen LogP contribution < -0.4 is 39.1 Å². The summed E-state index contributed by atoms with van der Waals surface area (Å²) >= 11 is 0. The van der Waals surface area contributed by atoms with Crippen LogP contribution in [0.2, 0.25) is 0 Å². The van der Waals surface area contributed by atoms with Crippen LogP contribution in [-0.2, 0) is 40.8 Å². The van der Waals surface area contributed by atoms with Crippen molar-refractivity contribution in [2.45, 2.75) is 171 Å². The first-order valence-electron chi connectivity index (χ1n) is 38.5. The Morgan fingerprint density at radius 2 is 0.588 bits per heavy atom. The molecule has 2 atom stereocenters. The second kappa shape index (κ2) is 30.2. The molecule has 2 unspecified atom stereocenters. The number of amides is 6. The maximum Gasteiger partial charge on any atom is 0.334 e. The Morgan fingerprint density at radius 3 is 0.807 bits per heavy atom. The second-order valence-corrected chi connectivity index (χ2v) is 34.8. The number of nitrogens with zero attached hydrogens (tertiary/aromatic N) is 2. The molecule has 2 heterocycles. The average Bonchev–Trinajstić information content (AvgIpc) is 0.670. The monoisotopic (exact) mass is 1530 g/mol. The maximum absolute atomic E-state index is 16.6. The lowest BCUT2D eigenvalue weighted by molar-refractivity contribution is -0.140. The summed E-state index contributed by atoms with van der Waals surface area (Å²) in [6.45, 7) is 43.2. The van der Waals surface area contributed by atoms with Gasteiger partial charge < -0.3 is 39.1 Å². The minimum Gasteiger partial charge on any atom is -0.457 e. The van der Waals surface area contributed by atoms with Gasteiger partial charge in [-0.15, -0.1) is 0 Å². The van der Waals surface area contributed by atoms with E-state index < -0.39 is 59.5 Å². The van der Waals surface area contributed by atoms with Crippen LogP contribution in [0.15, 0.2) is 194 Å². The number of nitrogens with one attached hydrogen (secondary N) is 2. The van der Waals surface area contributed by atoms with Gasteiger partial charge in [-0.05, 0) is 180 Å². The van der Waals surface area contributed by atoms with Crippen LogP contribution in [0, 0.1) is 11.8 Å². The fourth-order valence-corrected chi connectivity index (χ4v) is 14.7. The smallest absolute Gasteiger partial charge is 0.334 e. The summed E-state index contributed by atoms with van der Waals surface area (Å²) in [5.74, 6) is -5.43. The predicted molar refractivity (Wildman–Crippen MR) is 447 cm³/mol. The number of ether oxygens (including phenoxy) is 6. The third kappa shape index (κ3) is 15.8. The number of hydrogen-bond donors (Lipinski definition) is 2. The molecule has 0 aromatic heterocycles. The molecule has 2 aliphatic rings. The van der Waals surface area contributed by atoms with E-state index in [0.717, 1.165) is 32.1 Å². The van der Waals surface area contributed by atoms with Crippen LogP contribution >= 0.6 is 0 Å². The summed E-state index contributed by atoms with van der Waals surface area (Å²) in [6, 6.07) is 45.7. The Kier molecular flexibility index (Phi) is 21.1. The van der Waals surface area contributed by atoms with E-state index in [0.29, 0.717) is 34.4 Å². The van der Waals surface area contributed by atoms with E-state index in [9.17, 15) is 9.59 Å². The zero-order valence-corrected chi connectivity index (χ0v) is 67.9. The quantitative estimate of drug-likeness (QED) is 0.0161. The molecule has 0 bridgehead atoms. The number of carbonyl (C=O) groups excluding carboxylic acids is 8. The van der Waals surface area contributed by atoms with Crippen molar-refractivity contribution in [1.82, 2.24) is 9.80 Å². The van der Waals surface area contributed by atoms with Gasteiger partial charge in [0.25, 0.3) is 35.4 Å². The molecule has 2 aliphatic heterocycles. The Bertz CT molecular complexity index is 5180. The number of hydrogen-bond acceptors (Lipinski definition) is 14. The molecule has 13 rings (SSSR count). The van der Waals surface area contributed by atoms with E-state index in [1.807, 2.05) is 125 Å². The maximum atomic E-state index is 16.6. The third-order valence-electron chi connectivity index (χ3n) is 20.7. The SMILES string of the molecule is C=C(C)C(=O)Nc1cccc(OC(=O)C(CC(C)C)N2C(=O)c3cc(Oc4ccc(C(C)(C)C)cc4)c4c5c(Oc6ccc(C(C)(C)C)cc6)cc6c7c(cc(Oc8ccc(C(C)(C)C)cc8)c(c8c(Oc9ccc(C(C)(C)C)cc9)cc(c3c48)C2=O)c75)C(=O)N(C(CC(C)C)C(=O)Oc2cccc(NC(=O)C(=C)C)c2)C6=O)c1. The first-order valence-corrected chi connectivity index (χ1v) is 38.5. The highest BCUT2D eigenvalue weighted by molar-refractivity contribution is 6.45. The lowest BCUT2D eigenvalue weighted by Crippen LogP contribution is -2.52. The third-order valence-corrected chi connectivity index (χ3v) is 20.7. The highest BCUT2D eigenvalue weighted by Crippen LogP contribution is 2.59. The molecular formula is C96H96N4O14. The first-order chi connectivity index (χ1) is 53.6. The Morgan fingerprint density at radius 1 is 0.342 bits per heavy atom. The van der Waals surface area contributed by atoms with Crippen LogP contribution in [0.3, 0.4) is 0 Å². The van der Waals surface area contributed by atoms with Crippen molar-refractivity contribution in [2.75, 3.05) is 10.6 Å². The van der Waals surface area contributed by atoms with E-state index in [1.54, 1.807) is 62.4 Å². The molecule has 0 spiro atoms. The van der Waals surface area contributed by atoms with E-state index >= 15 is 28.8 Å². The van der Waals surface area contributed by atoms with Gasteiger partial charge in [0.05, 0.1) is 22.3 Å². The minimum absolute atomic E-state index is 0.0230. The molecule has 0 saturated heterocycles. The van der Waals surface area contributed by atoms with Crippen molar-refractivity contribution < 1.29 is 66.8 Å². The van der Waals surface area contributed by atoms with E-state index in [-0.39, 0.29) is 157 Å². The van der Waals surface area contributed by atoms with Gasteiger partial charge in [0, 0.05) is 77.7 Å². The number of benzene rings is 11. The van der Waals surface area contributed by atoms with E-state index in [2.05, 4.69) is 107 Å². The van der Waals surface area contributed by atoms with Crippen LogP contribution in [0.5, 0.6) is 57.5 Å². The van der Waals surface area contributed by atoms with Crippen LogP contribution in [0.4, 0.5) is 11.4 Å². The van der Waals surface area contributed by atoms with Gasteiger partial charge in [-0.25, -0.2) is 9.59 Å². The number of anilines is 2. The van der Waals surface area contributed by atoms with Crippen LogP contribution in [0.25, 0.3) is 43.1 Å². The van der Waals surface area contributed by atoms with Crippen molar-refractivity contribution in [2.24, 2.45) is 11.8 Å². The lowest BCUT2D eigenvalue weighted by atomic mass is 9.80. The molecule has 114 heavy (non-hydrogen) atoms. The number of imide groups is 2.